The molecule has 0 heterocycles. The number of halogens is 2. The Kier molecular flexibility index (Phi) is 5.88. The third kappa shape index (κ3) is 5.52. The van der Waals surface area contributed by atoms with Crippen LogP contribution in [-0.2, 0) is 0 Å². The van der Waals surface area contributed by atoms with Crippen LogP contribution >= 0.6 is 0 Å². The van der Waals surface area contributed by atoms with E-state index < -0.39 is 6.61 Å². The third-order valence-electron chi connectivity index (χ3n) is 2.89. The quantitative estimate of drug-likeness (QED) is 0.809. The average Bonchev–Trinajstić information content (AvgIpc) is 2.36. The predicted octanol–water partition coefficient (Wildman–Crippen LogP) is 2.39. The molecule has 4 nitrogen and oxygen atoms in total. The molecule has 1 rings (SSSR count). The molecule has 0 aliphatic rings. The zero-order chi connectivity index (χ0) is 15.2. The number of hydrogen-bond acceptors (Lipinski definition) is 3. The number of amides is 1. The number of hydrogen-bond donors (Lipinski definition) is 2. The van der Waals surface area contributed by atoms with Crippen LogP contribution in [0.4, 0.5) is 8.78 Å². The van der Waals surface area contributed by atoms with Crippen molar-refractivity contribution in [3.63, 3.8) is 0 Å². The summed E-state index contributed by atoms with van der Waals surface area (Å²) >= 11 is 0. The molecule has 0 saturated heterocycles. The highest BCUT2D eigenvalue weighted by Crippen LogP contribution is 2.18. The standard InChI is InChI=1S/C14H20F2N2O2/c1-14(2,7-8-17)9-18-12(19)10-3-5-11(6-4-10)20-13(15)16/h3-6,13H,7-9,17H2,1-2H3,(H,18,19). The molecule has 0 radical (unpaired) electrons. The summed E-state index contributed by atoms with van der Waals surface area (Å²) in [5, 5.41) is 2.80. The summed E-state index contributed by atoms with van der Waals surface area (Å²) in [4.78, 5) is 11.9. The first-order valence-corrected chi connectivity index (χ1v) is 6.37. The molecule has 112 valence electrons. The normalized spacial score (nSPS) is 11.5. The fraction of sp³-hybridized carbons (Fsp3) is 0.500. The fourth-order valence-electron chi connectivity index (χ4n) is 1.69. The van der Waals surface area contributed by atoms with Crippen LogP contribution in [-0.4, -0.2) is 25.6 Å². The van der Waals surface area contributed by atoms with Gasteiger partial charge < -0.3 is 15.8 Å². The van der Waals surface area contributed by atoms with Crippen LogP contribution < -0.4 is 15.8 Å². The molecule has 0 fully saturated rings. The van der Waals surface area contributed by atoms with Crippen LogP contribution in [0.15, 0.2) is 24.3 Å². The van der Waals surface area contributed by atoms with Crippen molar-refractivity contribution >= 4 is 5.91 Å². The molecule has 0 atom stereocenters. The maximum atomic E-state index is 12.0. The van der Waals surface area contributed by atoms with Crippen molar-refractivity contribution in [2.45, 2.75) is 26.9 Å². The number of rotatable bonds is 7. The molecule has 0 aliphatic carbocycles. The first-order chi connectivity index (χ1) is 9.34. The van der Waals surface area contributed by atoms with Gasteiger partial charge in [0.2, 0.25) is 0 Å². The number of alkyl halides is 2. The van der Waals surface area contributed by atoms with Gasteiger partial charge in [0.15, 0.2) is 0 Å². The van der Waals surface area contributed by atoms with E-state index in [0.717, 1.165) is 6.42 Å². The Bertz CT molecular complexity index is 433. The highest BCUT2D eigenvalue weighted by molar-refractivity contribution is 5.94. The molecular formula is C14H20F2N2O2. The Morgan fingerprint density at radius 1 is 1.35 bits per heavy atom. The maximum Gasteiger partial charge on any atom is 0.387 e. The van der Waals surface area contributed by atoms with E-state index in [0.29, 0.717) is 18.7 Å². The van der Waals surface area contributed by atoms with Gasteiger partial charge in [0.1, 0.15) is 5.75 Å². The van der Waals surface area contributed by atoms with E-state index in [1.807, 2.05) is 13.8 Å². The number of ether oxygens (including phenoxy) is 1. The monoisotopic (exact) mass is 286 g/mol. The molecule has 0 saturated carbocycles. The summed E-state index contributed by atoms with van der Waals surface area (Å²) < 4.78 is 28.2. The predicted molar refractivity (Wildman–Crippen MR) is 72.9 cm³/mol. The van der Waals surface area contributed by atoms with Crippen molar-refractivity contribution in [1.82, 2.24) is 5.32 Å². The maximum absolute atomic E-state index is 12.0. The minimum absolute atomic E-state index is 0.0278. The van der Waals surface area contributed by atoms with Gasteiger partial charge in [0.25, 0.3) is 5.91 Å². The summed E-state index contributed by atoms with van der Waals surface area (Å²) in [5.74, 6) is -0.223. The molecule has 0 spiro atoms. The lowest BCUT2D eigenvalue weighted by atomic mass is 9.89. The van der Waals surface area contributed by atoms with Gasteiger partial charge in [-0.25, -0.2) is 0 Å². The minimum atomic E-state index is -2.87. The lowest BCUT2D eigenvalue weighted by Crippen LogP contribution is -2.35. The summed E-state index contributed by atoms with van der Waals surface area (Å²) in [6.45, 7) is 2.21. The highest BCUT2D eigenvalue weighted by Gasteiger charge is 2.18. The van der Waals surface area contributed by atoms with Crippen LogP contribution in [0.1, 0.15) is 30.6 Å². The Morgan fingerprint density at radius 3 is 2.45 bits per heavy atom. The van der Waals surface area contributed by atoms with Gasteiger partial charge in [-0.2, -0.15) is 8.78 Å². The van der Waals surface area contributed by atoms with Gasteiger partial charge >= 0.3 is 6.61 Å². The number of carbonyl (C=O) groups excluding carboxylic acids is 1. The lowest BCUT2D eigenvalue weighted by molar-refractivity contribution is -0.0498. The van der Waals surface area contributed by atoms with Crippen LogP contribution in [0.2, 0.25) is 0 Å². The first kappa shape index (κ1) is 16.4. The highest BCUT2D eigenvalue weighted by atomic mass is 19.3. The van der Waals surface area contributed by atoms with Crippen molar-refractivity contribution in [3.8, 4) is 5.75 Å². The third-order valence-corrected chi connectivity index (χ3v) is 2.89. The molecule has 0 bridgehead atoms. The Morgan fingerprint density at radius 2 is 1.95 bits per heavy atom. The number of carbonyl (C=O) groups is 1. The van der Waals surface area contributed by atoms with E-state index in [2.05, 4.69) is 10.1 Å². The summed E-state index contributed by atoms with van der Waals surface area (Å²) in [7, 11) is 0. The van der Waals surface area contributed by atoms with Gasteiger partial charge in [0.05, 0.1) is 0 Å². The molecular weight excluding hydrogens is 266 g/mol. The van der Waals surface area contributed by atoms with Gasteiger partial charge in [-0.1, -0.05) is 13.8 Å². The van der Waals surface area contributed by atoms with Gasteiger partial charge in [0, 0.05) is 12.1 Å². The minimum Gasteiger partial charge on any atom is -0.435 e. The summed E-state index contributed by atoms with van der Waals surface area (Å²) in [6, 6.07) is 5.57. The Balaban J connectivity index is 2.55. The Hall–Kier alpha value is -1.69. The second kappa shape index (κ2) is 7.19. The molecule has 6 heteroatoms. The first-order valence-electron chi connectivity index (χ1n) is 6.37. The molecule has 0 unspecified atom stereocenters. The van der Waals surface area contributed by atoms with Crippen molar-refractivity contribution in [3.05, 3.63) is 29.8 Å². The number of benzene rings is 1. The second-order valence-corrected chi connectivity index (χ2v) is 5.29. The van der Waals surface area contributed by atoms with Crippen LogP contribution in [0.25, 0.3) is 0 Å². The van der Waals surface area contributed by atoms with Crippen LogP contribution in [0.3, 0.4) is 0 Å². The van der Waals surface area contributed by atoms with E-state index in [-0.39, 0.29) is 17.1 Å². The summed E-state index contributed by atoms with van der Waals surface area (Å²) in [5.41, 5.74) is 5.82. The molecule has 1 aromatic rings. The molecule has 1 aromatic carbocycles. The van der Waals surface area contributed by atoms with E-state index in [4.69, 9.17) is 5.73 Å². The molecule has 20 heavy (non-hydrogen) atoms. The summed E-state index contributed by atoms with van der Waals surface area (Å²) in [6.07, 6.45) is 0.800. The van der Waals surface area contributed by atoms with Gasteiger partial charge in [-0.3, -0.25) is 4.79 Å². The molecule has 3 N–H and O–H groups in total. The SMILES string of the molecule is CC(C)(CCN)CNC(=O)c1ccc(OC(F)F)cc1. The van der Waals surface area contributed by atoms with Crippen molar-refractivity contribution < 1.29 is 18.3 Å². The zero-order valence-corrected chi connectivity index (χ0v) is 11.7. The van der Waals surface area contributed by atoms with E-state index in [1.54, 1.807) is 0 Å². The van der Waals surface area contributed by atoms with Crippen molar-refractivity contribution in [2.75, 3.05) is 13.1 Å². The van der Waals surface area contributed by atoms with Crippen LogP contribution in [0.5, 0.6) is 5.75 Å². The smallest absolute Gasteiger partial charge is 0.387 e. The number of nitrogens with two attached hydrogens (primary N) is 1. The molecule has 1 amide bonds. The zero-order valence-electron chi connectivity index (χ0n) is 11.7. The van der Waals surface area contributed by atoms with Crippen molar-refractivity contribution in [1.29, 1.82) is 0 Å². The molecule has 0 aliphatic heterocycles. The van der Waals surface area contributed by atoms with E-state index in [1.165, 1.54) is 24.3 Å². The van der Waals surface area contributed by atoms with E-state index >= 15 is 0 Å². The molecule has 0 aromatic heterocycles. The average molecular weight is 286 g/mol. The van der Waals surface area contributed by atoms with Crippen molar-refractivity contribution in [2.24, 2.45) is 11.1 Å². The fourth-order valence-corrected chi connectivity index (χ4v) is 1.69. The largest absolute Gasteiger partial charge is 0.435 e. The van der Waals surface area contributed by atoms with Gasteiger partial charge in [-0.15, -0.1) is 0 Å². The van der Waals surface area contributed by atoms with E-state index in [9.17, 15) is 13.6 Å². The number of nitrogens with one attached hydrogen (secondary N) is 1. The lowest BCUT2D eigenvalue weighted by Gasteiger charge is -2.24. The Labute approximate surface area is 117 Å². The second-order valence-electron chi connectivity index (χ2n) is 5.29. The van der Waals surface area contributed by atoms with Crippen LogP contribution in [0, 0.1) is 5.41 Å². The topological polar surface area (TPSA) is 64.3 Å². The van der Waals surface area contributed by atoms with Gasteiger partial charge in [-0.05, 0) is 42.6 Å².